The van der Waals surface area contributed by atoms with Crippen molar-refractivity contribution < 1.29 is 38.9 Å². The van der Waals surface area contributed by atoms with Gasteiger partial charge in [0.15, 0.2) is 17.4 Å². The molecular weight excluding hydrogens is 585 g/mol. The highest BCUT2D eigenvalue weighted by Gasteiger charge is 2.67. The van der Waals surface area contributed by atoms with Gasteiger partial charge in [-0.1, -0.05) is 35.3 Å². The Hall–Kier alpha value is -2.21. The number of aryl methyl sites for hydroxylation is 1. The summed E-state index contributed by atoms with van der Waals surface area (Å²) in [6.07, 6.45) is 0. The molecule has 0 spiro atoms. The largest absolute Gasteiger partial charge is 0.477 e. The number of carboxylic acids is 2. The Morgan fingerprint density at radius 2 is 1.97 bits per heavy atom. The van der Waals surface area contributed by atoms with Crippen LogP contribution in [-0.2, 0) is 35.8 Å². The minimum atomic E-state index is -1.81. The van der Waals surface area contributed by atoms with Crippen LogP contribution in [0.3, 0.4) is 0 Å². The molecule has 3 aliphatic heterocycles. The molecule has 0 bridgehead atoms. The molecule has 0 aromatic carbocycles. The van der Waals surface area contributed by atoms with E-state index in [4.69, 9.17) is 15.6 Å². The third kappa shape index (κ3) is 5.11. The molecule has 37 heavy (non-hydrogen) atoms. The van der Waals surface area contributed by atoms with Crippen molar-refractivity contribution in [3.63, 3.8) is 0 Å². The number of hydrogen-bond acceptors (Lipinski definition) is 13. The van der Waals surface area contributed by atoms with Crippen LogP contribution < -0.4 is 11.1 Å². The van der Waals surface area contributed by atoms with E-state index in [1.165, 1.54) is 35.3 Å². The first-order valence-electron chi connectivity index (χ1n) is 9.75. The molecule has 2 atom stereocenters. The number of aromatic nitrogens is 4. The standard InChI is InChI=1S/C17H17N7O8S4.Al.3H/c1-23-16(20-21-22-23)34-4-5-3-33-15-17(32-2,14(31)24(15)7(5)11(29)30)19-9(26)13-35-12(36-13)6(8(18)25)10(27)28;;;;/h13,15H,3-4H2,1-2H3,(H2,18,25)(H,19,26)(H,27,28)(H,29,30);;;;/t13?,15-,17+;;;;/m1..../s1. The van der Waals surface area contributed by atoms with E-state index in [-0.39, 0.29) is 38.8 Å². The molecule has 2 saturated heterocycles. The molecule has 15 nitrogen and oxygen atoms in total. The highest BCUT2D eigenvalue weighted by Crippen LogP contribution is 2.53. The zero-order valence-corrected chi connectivity index (χ0v) is 21.6. The third-order valence-electron chi connectivity index (χ3n) is 5.21. The van der Waals surface area contributed by atoms with Gasteiger partial charge >= 0.3 is 11.9 Å². The van der Waals surface area contributed by atoms with Gasteiger partial charge in [0.05, 0.1) is 4.24 Å². The predicted molar refractivity (Wildman–Crippen MR) is 138 cm³/mol. The number of β-lactam (4-membered cyclic amide) rings is 1. The maximum absolute atomic E-state index is 13.2. The van der Waals surface area contributed by atoms with Gasteiger partial charge in [0.1, 0.15) is 21.2 Å². The minimum absolute atomic E-state index is 0. The lowest BCUT2D eigenvalue weighted by Gasteiger charge is -2.56. The van der Waals surface area contributed by atoms with Gasteiger partial charge in [0.25, 0.3) is 17.5 Å². The van der Waals surface area contributed by atoms with E-state index in [1.54, 1.807) is 7.05 Å². The lowest BCUT2D eigenvalue weighted by Crippen LogP contribution is -2.81. The Kier molecular flexibility index (Phi) is 8.94. The molecule has 0 unspecified atom stereocenters. The third-order valence-corrected chi connectivity index (χ3v) is 10.5. The summed E-state index contributed by atoms with van der Waals surface area (Å²) in [5.41, 5.74) is 2.93. The highest BCUT2D eigenvalue weighted by molar-refractivity contribution is 8.39. The van der Waals surface area contributed by atoms with Gasteiger partial charge in [0.2, 0.25) is 11.1 Å². The van der Waals surface area contributed by atoms with Crippen LogP contribution in [-0.4, -0.2) is 117 Å². The van der Waals surface area contributed by atoms with E-state index in [9.17, 15) is 29.1 Å². The number of primary amides is 1. The molecule has 0 aliphatic carbocycles. The molecule has 3 amide bonds. The number of nitrogens with one attached hydrogen (secondary N) is 1. The fraction of sp³-hybridized carbons (Fsp3) is 0.412. The van der Waals surface area contributed by atoms with Crippen LogP contribution in [0.4, 0.5) is 0 Å². The van der Waals surface area contributed by atoms with E-state index < -0.39 is 50.9 Å². The van der Waals surface area contributed by atoms with E-state index >= 15 is 0 Å². The Morgan fingerprint density at radius 1 is 1.30 bits per heavy atom. The van der Waals surface area contributed by atoms with E-state index in [2.05, 4.69) is 20.8 Å². The average Bonchev–Trinajstić information content (AvgIpc) is 3.20. The summed E-state index contributed by atoms with van der Waals surface area (Å²) in [4.78, 5) is 61.7. The number of hydrogen-bond donors (Lipinski definition) is 4. The number of carbonyl (C=O) groups is 5. The Balaban J connectivity index is 0.00000380. The summed E-state index contributed by atoms with van der Waals surface area (Å²) < 4.78 is 6.05. The summed E-state index contributed by atoms with van der Waals surface area (Å²) in [6, 6.07) is 0. The van der Waals surface area contributed by atoms with Crippen molar-refractivity contribution in [1.29, 1.82) is 0 Å². The first-order valence-corrected chi connectivity index (χ1v) is 13.5. The second kappa shape index (κ2) is 11.3. The number of rotatable bonds is 9. The van der Waals surface area contributed by atoms with E-state index in [0.29, 0.717) is 10.7 Å². The summed E-state index contributed by atoms with van der Waals surface area (Å²) in [5, 5.41) is 32.2. The van der Waals surface area contributed by atoms with Crippen molar-refractivity contribution in [1.82, 2.24) is 30.4 Å². The number of fused-ring (bicyclic) bond motifs is 1. The molecule has 0 saturated carbocycles. The van der Waals surface area contributed by atoms with Crippen molar-refractivity contribution in [3.05, 3.63) is 21.1 Å². The van der Waals surface area contributed by atoms with Crippen LogP contribution in [0.5, 0.6) is 0 Å². The lowest BCUT2D eigenvalue weighted by atomic mass is 9.98. The van der Waals surface area contributed by atoms with Crippen LogP contribution in [0, 0.1) is 0 Å². The van der Waals surface area contributed by atoms with Crippen LogP contribution in [0.1, 0.15) is 0 Å². The molecule has 3 aliphatic rings. The molecule has 5 N–H and O–H groups in total. The van der Waals surface area contributed by atoms with Crippen molar-refractivity contribution >= 4 is 94.1 Å². The fourth-order valence-corrected chi connectivity index (χ4v) is 8.16. The summed E-state index contributed by atoms with van der Waals surface area (Å²) in [5.74, 6) is -4.89. The normalized spacial score (nSPS) is 24.3. The first-order chi connectivity index (χ1) is 17.0. The summed E-state index contributed by atoms with van der Waals surface area (Å²) in [6.45, 7) is 0. The van der Waals surface area contributed by atoms with Crippen LogP contribution in [0.2, 0.25) is 0 Å². The second-order valence-electron chi connectivity index (χ2n) is 7.30. The number of nitrogens with zero attached hydrogens (tertiary/aromatic N) is 5. The predicted octanol–water partition coefficient (Wildman–Crippen LogP) is -2.58. The molecule has 1 aromatic rings. The number of methoxy groups -OCH3 is 1. The zero-order chi connectivity index (χ0) is 26.4. The monoisotopic (exact) mass is 605 g/mol. The van der Waals surface area contributed by atoms with Crippen molar-refractivity contribution in [2.75, 3.05) is 18.6 Å². The van der Waals surface area contributed by atoms with Crippen molar-refractivity contribution in [3.8, 4) is 0 Å². The maximum atomic E-state index is 13.2. The van der Waals surface area contributed by atoms with Gasteiger partial charge in [-0.3, -0.25) is 19.3 Å². The Morgan fingerprint density at radius 3 is 2.49 bits per heavy atom. The first kappa shape index (κ1) is 29.3. The Labute approximate surface area is 235 Å². The molecule has 4 rings (SSSR count). The van der Waals surface area contributed by atoms with Gasteiger partial charge in [-0.2, -0.15) is 0 Å². The summed E-state index contributed by atoms with van der Waals surface area (Å²) in [7, 11) is 2.86. The number of carbonyl (C=O) groups excluding carboxylic acids is 3. The van der Waals surface area contributed by atoms with Gasteiger partial charge in [0, 0.05) is 25.7 Å². The molecule has 4 heterocycles. The lowest BCUT2D eigenvalue weighted by molar-refractivity contribution is -0.192. The van der Waals surface area contributed by atoms with Crippen LogP contribution in [0.25, 0.3) is 0 Å². The van der Waals surface area contributed by atoms with Crippen LogP contribution in [0.15, 0.2) is 26.2 Å². The number of carboxylic acid groups (broad SMARTS) is 2. The maximum Gasteiger partial charge on any atom is 0.352 e. The molecule has 20 heteroatoms. The van der Waals surface area contributed by atoms with Gasteiger partial charge in [-0.05, 0) is 16.0 Å². The zero-order valence-electron chi connectivity index (χ0n) is 18.4. The van der Waals surface area contributed by atoms with Crippen molar-refractivity contribution in [2.24, 2.45) is 12.8 Å². The number of nitrogens with two attached hydrogens (primary N) is 1. The second-order valence-corrected chi connectivity index (χ2v) is 12.1. The molecule has 198 valence electrons. The number of tetrazole rings is 1. The number of amides is 3. The van der Waals surface area contributed by atoms with E-state index in [0.717, 1.165) is 28.4 Å². The minimum Gasteiger partial charge on any atom is -0.477 e. The van der Waals surface area contributed by atoms with Gasteiger partial charge in [-0.25, -0.2) is 14.3 Å². The fourth-order valence-electron chi connectivity index (χ4n) is 3.51. The summed E-state index contributed by atoms with van der Waals surface area (Å²) >= 11 is 4.06. The Bertz CT molecular complexity index is 1230. The van der Waals surface area contributed by atoms with Crippen molar-refractivity contribution in [2.45, 2.75) is 20.8 Å². The number of ether oxygens (including phenoxy) is 1. The molecular formula is C17H20AlN7O8S4. The molecule has 1 aromatic heterocycles. The van der Waals surface area contributed by atoms with Gasteiger partial charge < -0.3 is 26.0 Å². The number of thioether (sulfide) groups is 4. The SMILES string of the molecule is CO[C@@]1(NC(=O)C2SC(=C(C(N)=O)C(=O)O)S2)C(=O)N2C(C(=O)O)=C(CSc3nnnn3C)CS[C@@H]21.[AlH3]. The topological polar surface area (TPSA) is 220 Å². The number of aliphatic carboxylic acids is 2. The quantitative estimate of drug-likeness (QED) is 0.0432. The smallest absolute Gasteiger partial charge is 0.352 e. The highest BCUT2D eigenvalue weighted by atomic mass is 32.3. The average molecular weight is 606 g/mol. The van der Waals surface area contributed by atoms with Gasteiger partial charge in [-0.15, -0.1) is 16.9 Å². The molecule has 0 radical (unpaired) electrons. The molecule has 2 fully saturated rings. The van der Waals surface area contributed by atoms with E-state index in [1.807, 2.05) is 0 Å². The van der Waals surface area contributed by atoms with Crippen LogP contribution >= 0.6 is 47.0 Å².